The summed E-state index contributed by atoms with van der Waals surface area (Å²) in [5, 5.41) is 12.1. The van der Waals surface area contributed by atoms with Crippen molar-refractivity contribution >= 4 is 18.2 Å². The first-order valence-corrected chi connectivity index (χ1v) is 14.4. The Bertz CT molecular complexity index is 1580. The molecule has 0 fully saturated rings. The molecule has 218 valence electrons. The summed E-state index contributed by atoms with van der Waals surface area (Å²) < 4.78 is 11.2. The molecule has 0 unspecified atom stereocenters. The third kappa shape index (κ3) is 5.81. The van der Waals surface area contributed by atoms with Crippen molar-refractivity contribution in [1.29, 1.82) is 0 Å². The molecule has 2 aliphatic carbocycles. The molecule has 0 aliphatic heterocycles. The third-order valence-electron chi connectivity index (χ3n) is 8.14. The Labute approximate surface area is 249 Å². The highest BCUT2D eigenvalue weighted by Crippen LogP contribution is 2.45. The Kier molecular flexibility index (Phi) is 8.09. The van der Waals surface area contributed by atoms with E-state index in [1.54, 1.807) is 0 Å². The molecule has 0 radical (unpaired) electrons. The number of carboxylic acid groups (broad SMARTS) is 1. The lowest BCUT2D eigenvalue weighted by molar-refractivity contribution is -0.138. The van der Waals surface area contributed by atoms with Crippen molar-refractivity contribution in [3.8, 4) is 22.3 Å². The lowest BCUT2D eigenvalue weighted by Crippen LogP contribution is -2.39. The maximum Gasteiger partial charge on any atom is 0.410 e. The van der Waals surface area contributed by atoms with Gasteiger partial charge in [-0.2, -0.15) is 0 Å². The number of rotatable bonds is 10. The van der Waals surface area contributed by atoms with Gasteiger partial charge in [-0.25, -0.2) is 9.59 Å². The maximum atomic E-state index is 13.0. The molecule has 2 aliphatic rings. The van der Waals surface area contributed by atoms with Crippen molar-refractivity contribution in [3.05, 3.63) is 119 Å². The number of nitrogens with one attached hydrogen (secondary N) is 1. The Balaban J connectivity index is 0.995. The minimum absolute atomic E-state index is 0.0437. The average Bonchev–Trinajstić information content (AvgIpc) is 3.52. The Morgan fingerprint density at radius 3 is 1.51 bits per heavy atom. The summed E-state index contributed by atoms with van der Waals surface area (Å²) in [5.41, 5.74) is 8.94. The smallest absolute Gasteiger partial charge is 0.410 e. The Hall–Kier alpha value is -5.11. The summed E-state index contributed by atoms with van der Waals surface area (Å²) in [4.78, 5) is 38.1. The summed E-state index contributed by atoms with van der Waals surface area (Å²) in [6, 6.07) is 32.3. The molecule has 0 saturated carbocycles. The molecule has 4 aromatic carbocycles. The highest BCUT2D eigenvalue weighted by Gasteiger charge is 2.31. The fraction of sp³-hybridized carbons (Fsp3) is 0.229. The number of hydrogen-bond donors (Lipinski definition) is 2. The molecule has 0 spiro atoms. The molecular formula is C35H32N2O6. The van der Waals surface area contributed by atoms with Gasteiger partial charge in [-0.3, -0.25) is 9.69 Å². The first-order chi connectivity index (χ1) is 21.0. The van der Waals surface area contributed by atoms with E-state index in [2.05, 4.69) is 41.7 Å². The van der Waals surface area contributed by atoms with Gasteiger partial charge in [0.05, 0.1) is 0 Å². The molecule has 8 heteroatoms. The lowest BCUT2D eigenvalue weighted by atomic mass is 9.98. The van der Waals surface area contributed by atoms with Gasteiger partial charge >= 0.3 is 18.2 Å². The van der Waals surface area contributed by atoms with E-state index in [9.17, 15) is 19.5 Å². The predicted molar refractivity (Wildman–Crippen MR) is 162 cm³/mol. The number of nitrogens with zero attached hydrogens (tertiary/aromatic N) is 1. The summed E-state index contributed by atoms with van der Waals surface area (Å²) in [7, 11) is 0. The largest absolute Gasteiger partial charge is 0.480 e. The van der Waals surface area contributed by atoms with Crippen LogP contribution in [0.15, 0.2) is 97.1 Å². The summed E-state index contributed by atoms with van der Waals surface area (Å²) in [6.45, 7) is 0.115. The highest BCUT2D eigenvalue weighted by atomic mass is 16.6. The number of carboxylic acids is 1. The van der Waals surface area contributed by atoms with Crippen molar-refractivity contribution in [3.63, 3.8) is 0 Å². The van der Waals surface area contributed by atoms with Crippen LogP contribution in [-0.4, -0.2) is 61.0 Å². The van der Waals surface area contributed by atoms with Gasteiger partial charge in [-0.1, -0.05) is 97.1 Å². The number of ether oxygens (including phenoxy) is 2. The Morgan fingerprint density at radius 2 is 1.07 bits per heavy atom. The van der Waals surface area contributed by atoms with Crippen LogP contribution >= 0.6 is 0 Å². The number of fused-ring (bicyclic) bond motifs is 6. The second kappa shape index (κ2) is 12.4. The van der Waals surface area contributed by atoms with Gasteiger partial charge in [0, 0.05) is 24.9 Å². The normalized spacial score (nSPS) is 12.9. The van der Waals surface area contributed by atoms with Crippen LogP contribution in [0, 0.1) is 0 Å². The fourth-order valence-electron chi connectivity index (χ4n) is 6.19. The molecular weight excluding hydrogens is 544 g/mol. The number of hydrogen-bond acceptors (Lipinski definition) is 5. The summed E-state index contributed by atoms with van der Waals surface area (Å²) in [5.74, 6) is -1.31. The van der Waals surface area contributed by atoms with Crippen molar-refractivity contribution in [2.75, 3.05) is 32.8 Å². The number of aliphatic carboxylic acids is 1. The minimum Gasteiger partial charge on any atom is -0.480 e. The number of benzene rings is 4. The van der Waals surface area contributed by atoms with Gasteiger partial charge in [-0.05, 0) is 50.9 Å². The van der Waals surface area contributed by atoms with Crippen LogP contribution in [0.25, 0.3) is 22.3 Å². The van der Waals surface area contributed by atoms with Gasteiger partial charge in [0.25, 0.3) is 0 Å². The zero-order valence-corrected chi connectivity index (χ0v) is 23.6. The molecule has 2 amide bonds. The van der Waals surface area contributed by atoms with Gasteiger partial charge in [0.1, 0.15) is 19.8 Å². The Morgan fingerprint density at radius 1 is 0.651 bits per heavy atom. The molecule has 0 aromatic heterocycles. The average molecular weight is 577 g/mol. The summed E-state index contributed by atoms with van der Waals surface area (Å²) in [6.07, 6.45) is -0.931. The molecule has 6 rings (SSSR count). The van der Waals surface area contributed by atoms with Gasteiger partial charge in [-0.15, -0.1) is 0 Å². The van der Waals surface area contributed by atoms with Crippen molar-refractivity contribution < 1.29 is 29.0 Å². The molecule has 0 bridgehead atoms. The second-order valence-corrected chi connectivity index (χ2v) is 10.7. The van der Waals surface area contributed by atoms with E-state index < -0.39 is 24.7 Å². The van der Waals surface area contributed by atoms with Gasteiger partial charge < -0.3 is 19.9 Å². The quantitative estimate of drug-likeness (QED) is 0.216. The monoisotopic (exact) mass is 576 g/mol. The molecule has 8 nitrogen and oxygen atoms in total. The molecule has 4 aromatic rings. The van der Waals surface area contributed by atoms with E-state index in [0.717, 1.165) is 49.4 Å². The first-order valence-electron chi connectivity index (χ1n) is 14.4. The van der Waals surface area contributed by atoms with Crippen molar-refractivity contribution in [1.82, 2.24) is 10.2 Å². The van der Waals surface area contributed by atoms with Gasteiger partial charge in [0.15, 0.2) is 0 Å². The van der Waals surface area contributed by atoms with E-state index in [-0.39, 0.29) is 38.1 Å². The SMILES string of the molecule is O=C(O)CN(CCCNC(=O)OCC1c2ccccc2-c2ccccc21)C(=O)OCC1c2ccccc2-c2ccccc21. The maximum absolute atomic E-state index is 13.0. The van der Waals surface area contributed by atoms with Crippen LogP contribution in [-0.2, 0) is 14.3 Å². The van der Waals surface area contributed by atoms with Crippen LogP contribution in [0.2, 0.25) is 0 Å². The topological polar surface area (TPSA) is 105 Å². The van der Waals surface area contributed by atoms with Crippen molar-refractivity contribution in [2.24, 2.45) is 0 Å². The molecule has 0 heterocycles. The van der Waals surface area contributed by atoms with Gasteiger partial charge in [0.2, 0.25) is 0 Å². The number of carbonyl (C=O) groups is 3. The molecule has 0 saturated heterocycles. The standard InChI is InChI=1S/C35H32N2O6/c38-33(39)20-37(35(41)43-22-32-29-16-7-3-12-25(29)26-13-4-8-17-30(26)32)19-9-18-36-34(40)42-21-31-27-14-5-1-10-23(27)24-11-2-6-15-28(24)31/h1-8,10-17,31-32H,9,18-22H2,(H,36,40)(H,38,39). The van der Waals surface area contributed by atoms with Crippen LogP contribution < -0.4 is 5.32 Å². The third-order valence-corrected chi connectivity index (χ3v) is 8.14. The van der Waals surface area contributed by atoms with E-state index in [1.165, 1.54) is 0 Å². The summed E-state index contributed by atoms with van der Waals surface area (Å²) >= 11 is 0. The van der Waals surface area contributed by atoms with Crippen LogP contribution in [0.1, 0.15) is 40.5 Å². The van der Waals surface area contributed by atoms with Crippen LogP contribution in [0.3, 0.4) is 0 Å². The number of carbonyl (C=O) groups excluding carboxylic acids is 2. The van der Waals surface area contributed by atoms with E-state index in [4.69, 9.17) is 9.47 Å². The highest BCUT2D eigenvalue weighted by molar-refractivity contribution is 5.80. The molecule has 2 N–H and O–H groups in total. The molecule has 43 heavy (non-hydrogen) atoms. The van der Waals surface area contributed by atoms with Crippen LogP contribution in [0.4, 0.5) is 9.59 Å². The fourth-order valence-corrected chi connectivity index (χ4v) is 6.19. The van der Waals surface area contributed by atoms with Crippen LogP contribution in [0.5, 0.6) is 0 Å². The zero-order valence-electron chi connectivity index (χ0n) is 23.6. The van der Waals surface area contributed by atoms with E-state index in [1.807, 2.05) is 60.7 Å². The molecule has 0 atom stereocenters. The lowest BCUT2D eigenvalue weighted by Gasteiger charge is -2.22. The number of alkyl carbamates (subject to hydrolysis) is 1. The van der Waals surface area contributed by atoms with E-state index in [0.29, 0.717) is 6.42 Å². The zero-order chi connectivity index (χ0) is 29.8. The first kappa shape index (κ1) is 28.0. The second-order valence-electron chi connectivity index (χ2n) is 10.7. The van der Waals surface area contributed by atoms with Crippen molar-refractivity contribution in [2.45, 2.75) is 18.3 Å². The van der Waals surface area contributed by atoms with E-state index >= 15 is 0 Å². The number of amides is 2. The minimum atomic E-state index is -1.14. The predicted octanol–water partition coefficient (Wildman–Crippen LogP) is 6.25.